The van der Waals surface area contributed by atoms with Crippen molar-refractivity contribution >= 4 is 22.1 Å². The maximum atomic E-state index is 13.4. The smallest absolute Gasteiger partial charge is 0.253 e. The normalized spacial score (nSPS) is 28.4. The van der Waals surface area contributed by atoms with Crippen molar-refractivity contribution in [3.8, 4) is 0 Å². The van der Waals surface area contributed by atoms with Crippen molar-refractivity contribution in [2.75, 3.05) is 6.54 Å². The minimum Gasteiger partial charge on any atom is -0.345 e. The topological polar surface area (TPSA) is 127 Å². The number of carbonyl (C=O) groups excluding carboxylic acids is 1. The standard InChI is InChI=1S/C25H31N5O3S/c1-14(2)11-29-34(32,33)23-9-18-20(26)10-22(30-25(31)16-4-3-7-27-12-16)24(18)19-13-28-21(8-17(19)23)15-5-6-15/h3-4,7-9,12-15,17,19-20,22,29H,5-6,10-11,26H2,1-2H3,(H,30,31)/t17?,19?,20-,22+/m1/s1. The van der Waals surface area contributed by atoms with Gasteiger partial charge >= 0.3 is 0 Å². The first-order chi connectivity index (χ1) is 16.2. The van der Waals surface area contributed by atoms with Crippen molar-refractivity contribution in [2.45, 2.75) is 45.2 Å². The zero-order valence-electron chi connectivity index (χ0n) is 19.4. The van der Waals surface area contributed by atoms with E-state index in [-0.39, 0.29) is 35.7 Å². The summed E-state index contributed by atoms with van der Waals surface area (Å²) < 4.78 is 29.5. The van der Waals surface area contributed by atoms with E-state index in [2.05, 4.69) is 15.0 Å². The van der Waals surface area contributed by atoms with Gasteiger partial charge in [0.25, 0.3) is 5.91 Å². The van der Waals surface area contributed by atoms with Gasteiger partial charge in [-0.05, 0) is 54.5 Å². The number of nitrogens with zero attached hydrogens (tertiary/aromatic N) is 2. The highest BCUT2D eigenvalue weighted by atomic mass is 32.2. The molecule has 0 saturated heterocycles. The first-order valence-electron chi connectivity index (χ1n) is 11.9. The summed E-state index contributed by atoms with van der Waals surface area (Å²) in [7, 11) is -3.70. The molecule has 0 aromatic carbocycles. The van der Waals surface area contributed by atoms with E-state index in [9.17, 15) is 13.2 Å². The zero-order chi connectivity index (χ0) is 24.0. The van der Waals surface area contributed by atoms with Gasteiger partial charge in [-0.25, -0.2) is 13.1 Å². The zero-order valence-corrected chi connectivity index (χ0v) is 20.3. The molecule has 0 radical (unpaired) electrons. The van der Waals surface area contributed by atoms with E-state index >= 15 is 0 Å². The van der Waals surface area contributed by atoms with Crippen LogP contribution in [0.5, 0.6) is 0 Å². The largest absolute Gasteiger partial charge is 0.345 e. The molecule has 0 spiro atoms. The number of nitrogens with one attached hydrogen (secondary N) is 2. The lowest BCUT2D eigenvalue weighted by molar-refractivity contribution is 0.0940. The highest BCUT2D eigenvalue weighted by Gasteiger charge is 2.46. The Morgan fingerprint density at radius 3 is 2.74 bits per heavy atom. The summed E-state index contributed by atoms with van der Waals surface area (Å²) in [5.74, 6) is -0.248. The number of aliphatic imine (C=N–C) groups is 1. The Balaban J connectivity index is 1.52. The molecule has 34 heavy (non-hydrogen) atoms. The first kappa shape index (κ1) is 23.1. The lowest BCUT2D eigenvalue weighted by atomic mass is 9.77. The van der Waals surface area contributed by atoms with Crippen LogP contribution in [-0.4, -0.2) is 44.2 Å². The Morgan fingerprint density at radius 1 is 1.26 bits per heavy atom. The van der Waals surface area contributed by atoms with E-state index in [1.165, 1.54) is 6.20 Å². The molecule has 180 valence electrons. The van der Waals surface area contributed by atoms with Crippen molar-refractivity contribution in [1.82, 2.24) is 15.0 Å². The van der Waals surface area contributed by atoms with Gasteiger partial charge in [-0.15, -0.1) is 0 Å². The summed E-state index contributed by atoms with van der Waals surface area (Å²) in [6.07, 6.45) is 11.5. The van der Waals surface area contributed by atoms with Crippen molar-refractivity contribution < 1.29 is 13.2 Å². The summed E-state index contributed by atoms with van der Waals surface area (Å²) in [5.41, 5.74) is 9.68. The van der Waals surface area contributed by atoms with Crippen LogP contribution in [0.15, 0.2) is 63.4 Å². The number of rotatable bonds is 7. The van der Waals surface area contributed by atoms with Crippen molar-refractivity contribution in [1.29, 1.82) is 0 Å². The van der Waals surface area contributed by atoms with Gasteiger partial charge in [0.15, 0.2) is 0 Å². The summed E-state index contributed by atoms with van der Waals surface area (Å²) in [6, 6.07) is 2.77. The van der Waals surface area contributed by atoms with Crippen molar-refractivity contribution in [2.24, 2.45) is 34.4 Å². The molecule has 2 unspecified atom stereocenters. The van der Waals surface area contributed by atoms with Crippen LogP contribution in [0.1, 0.15) is 43.5 Å². The maximum absolute atomic E-state index is 13.4. The van der Waals surface area contributed by atoms with Crippen LogP contribution in [-0.2, 0) is 10.0 Å². The molecule has 1 saturated carbocycles. The van der Waals surface area contributed by atoms with Crippen LogP contribution >= 0.6 is 0 Å². The molecule has 4 atom stereocenters. The van der Waals surface area contributed by atoms with Gasteiger partial charge < -0.3 is 11.1 Å². The predicted octanol–water partition coefficient (Wildman–Crippen LogP) is 2.29. The van der Waals surface area contributed by atoms with Gasteiger partial charge in [-0.1, -0.05) is 19.9 Å². The van der Waals surface area contributed by atoms with Gasteiger partial charge in [0.2, 0.25) is 10.0 Å². The number of hydrogen-bond acceptors (Lipinski definition) is 6. The Morgan fingerprint density at radius 2 is 2.06 bits per heavy atom. The van der Waals surface area contributed by atoms with Gasteiger partial charge in [0.05, 0.1) is 16.5 Å². The summed E-state index contributed by atoms with van der Waals surface area (Å²) in [5, 5.41) is 3.10. The van der Waals surface area contributed by atoms with E-state index in [1.54, 1.807) is 24.4 Å². The molecule has 9 heteroatoms. The molecule has 1 aliphatic heterocycles. The van der Waals surface area contributed by atoms with Gasteiger partial charge in [0, 0.05) is 54.6 Å². The number of hydrogen-bond donors (Lipinski definition) is 3. The Hall–Kier alpha value is -2.62. The Bertz CT molecular complexity index is 1210. The number of fused-ring (bicyclic) bond motifs is 2. The van der Waals surface area contributed by atoms with Crippen molar-refractivity contribution in [3.05, 3.63) is 64.0 Å². The molecule has 1 aromatic rings. The summed E-state index contributed by atoms with van der Waals surface area (Å²) in [6.45, 7) is 4.32. The van der Waals surface area contributed by atoms with Crippen LogP contribution < -0.4 is 15.8 Å². The lowest BCUT2D eigenvalue weighted by Crippen LogP contribution is -2.41. The van der Waals surface area contributed by atoms with Gasteiger partial charge in [0.1, 0.15) is 0 Å². The molecule has 2 heterocycles. The molecule has 0 bridgehead atoms. The fourth-order valence-corrected chi connectivity index (χ4v) is 6.60. The third-order valence-electron chi connectivity index (χ3n) is 6.92. The number of sulfonamides is 1. The van der Waals surface area contributed by atoms with E-state index in [0.29, 0.717) is 29.4 Å². The summed E-state index contributed by atoms with van der Waals surface area (Å²) >= 11 is 0. The predicted molar refractivity (Wildman–Crippen MR) is 131 cm³/mol. The maximum Gasteiger partial charge on any atom is 0.253 e. The second kappa shape index (κ2) is 8.87. The van der Waals surface area contributed by atoms with Crippen LogP contribution in [0.2, 0.25) is 0 Å². The second-order valence-corrected chi connectivity index (χ2v) is 11.8. The van der Waals surface area contributed by atoms with Gasteiger partial charge in [-0.3, -0.25) is 14.8 Å². The average molecular weight is 482 g/mol. The van der Waals surface area contributed by atoms with Crippen LogP contribution in [0.25, 0.3) is 0 Å². The first-order valence-corrected chi connectivity index (χ1v) is 13.4. The van der Waals surface area contributed by atoms with E-state index in [1.807, 2.05) is 26.1 Å². The fourth-order valence-electron chi connectivity index (χ4n) is 5.02. The third kappa shape index (κ3) is 4.39. The second-order valence-electron chi connectivity index (χ2n) is 10.0. The molecule has 1 aromatic heterocycles. The number of allylic oxidation sites excluding steroid dienone is 3. The molecule has 1 fully saturated rings. The minimum absolute atomic E-state index is 0.191. The fraction of sp³-hybridized carbons (Fsp3) is 0.480. The number of nitrogens with two attached hydrogens (primary N) is 1. The highest BCUT2D eigenvalue weighted by Crippen LogP contribution is 2.48. The van der Waals surface area contributed by atoms with Gasteiger partial charge in [-0.2, -0.15) is 0 Å². The van der Waals surface area contributed by atoms with E-state index in [0.717, 1.165) is 29.7 Å². The van der Waals surface area contributed by atoms with E-state index in [4.69, 9.17) is 10.7 Å². The van der Waals surface area contributed by atoms with Crippen LogP contribution in [0.3, 0.4) is 0 Å². The molecule has 4 aliphatic rings. The third-order valence-corrected chi connectivity index (χ3v) is 8.48. The average Bonchev–Trinajstić information content (AvgIpc) is 3.62. The molecule has 1 amide bonds. The van der Waals surface area contributed by atoms with E-state index < -0.39 is 10.0 Å². The number of aromatic nitrogens is 1. The minimum atomic E-state index is -3.70. The lowest BCUT2D eigenvalue weighted by Gasteiger charge is -2.35. The number of amides is 1. The molecule has 4 N–H and O–H groups in total. The quantitative estimate of drug-likeness (QED) is 0.551. The highest BCUT2D eigenvalue weighted by molar-refractivity contribution is 7.93. The number of carbonyl (C=O) groups is 1. The Labute approximate surface area is 200 Å². The molecular formula is C25H31N5O3S. The Kier molecular flexibility index (Phi) is 6.03. The number of pyridine rings is 1. The molecule has 8 nitrogen and oxygen atoms in total. The molecular weight excluding hydrogens is 450 g/mol. The molecule has 5 rings (SSSR count). The molecule has 3 aliphatic carbocycles. The van der Waals surface area contributed by atoms with Crippen molar-refractivity contribution in [3.63, 3.8) is 0 Å². The van der Waals surface area contributed by atoms with Crippen LogP contribution in [0, 0.1) is 23.7 Å². The summed E-state index contributed by atoms with van der Waals surface area (Å²) in [4.78, 5) is 22.0. The monoisotopic (exact) mass is 481 g/mol. The SMILES string of the molecule is CC(C)CNS(=O)(=O)C1=CC2=C(C3C=NC(C4CC4)=CC13)[C@@H](NC(=O)c1cccnc1)C[C@H]2N. The van der Waals surface area contributed by atoms with Crippen LogP contribution in [0.4, 0.5) is 0 Å².